The lowest BCUT2D eigenvalue weighted by Gasteiger charge is -2.28. The number of hydrogen-bond donors (Lipinski definition) is 1. The van der Waals surface area contributed by atoms with E-state index in [-0.39, 0.29) is 0 Å². The molecular weight excluding hydrogens is 208 g/mol. The number of rotatable bonds is 2. The van der Waals surface area contributed by atoms with Gasteiger partial charge in [-0.15, -0.1) is 6.58 Å². The molecule has 1 aromatic heterocycles. The number of nitrogens with one attached hydrogen (secondary N) is 1. The average Bonchev–Trinajstić information content (AvgIpc) is 2.77. The minimum atomic E-state index is 0.794. The topological polar surface area (TPSA) is 19.0 Å². The molecule has 0 radical (unpaired) electrons. The van der Waals surface area contributed by atoms with Crippen LogP contribution in [0, 0.1) is 6.92 Å². The molecule has 1 aliphatic heterocycles. The number of allylic oxidation sites excluding steroid dienone is 1. The number of hydrogen-bond acceptors (Lipinski definition) is 1. The molecule has 2 nitrogen and oxygen atoms in total. The molecule has 0 saturated carbocycles. The Hall–Kier alpha value is -1.02. The SMILES string of the molecule is C=CCC.Cc1c[nH]cc1C1CCN(C)CC1. The van der Waals surface area contributed by atoms with Crippen molar-refractivity contribution in [1.82, 2.24) is 9.88 Å². The fourth-order valence-corrected chi connectivity index (χ4v) is 2.21. The van der Waals surface area contributed by atoms with E-state index in [1.54, 1.807) is 0 Å². The number of nitrogens with zero attached hydrogens (tertiary/aromatic N) is 1. The van der Waals surface area contributed by atoms with Gasteiger partial charge in [0, 0.05) is 12.4 Å². The van der Waals surface area contributed by atoms with E-state index in [9.17, 15) is 0 Å². The molecule has 0 unspecified atom stereocenters. The molecule has 1 aromatic rings. The summed E-state index contributed by atoms with van der Waals surface area (Å²) in [7, 11) is 2.21. The Bertz CT molecular complexity index is 319. The third kappa shape index (κ3) is 4.39. The van der Waals surface area contributed by atoms with Crippen molar-refractivity contribution in [2.24, 2.45) is 0 Å². The molecule has 2 heteroatoms. The first kappa shape index (κ1) is 14.0. The molecule has 96 valence electrons. The van der Waals surface area contributed by atoms with Crippen molar-refractivity contribution in [3.05, 3.63) is 36.2 Å². The fraction of sp³-hybridized carbons (Fsp3) is 0.600. The van der Waals surface area contributed by atoms with E-state index in [1.165, 1.54) is 37.1 Å². The van der Waals surface area contributed by atoms with Gasteiger partial charge in [-0.3, -0.25) is 0 Å². The van der Waals surface area contributed by atoms with Crippen LogP contribution in [0.25, 0.3) is 0 Å². The first-order chi connectivity index (χ1) is 8.19. The van der Waals surface area contributed by atoms with Gasteiger partial charge < -0.3 is 9.88 Å². The van der Waals surface area contributed by atoms with E-state index >= 15 is 0 Å². The standard InChI is InChI=1S/C11H18N2.C4H8/c1-9-7-12-8-11(9)10-3-5-13(2)6-4-10;1-3-4-2/h7-8,10,12H,3-6H2,1-2H3;3H,1,4H2,2H3. The quantitative estimate of drug-likeness (QED) is 0.773. The molecule has 0 aliphatic carbocycles. The normalized spacial score (nSPS) is 17.4. The van der Waals surface area contributed by atoms with Gasteiger partial charge in [-0.2, -0.15) is 0 Å². The first-order valence-electron chi connectivity index (χ1n) is 6.61. The van der Waals surface area contributed by atoms with E-state index < -0.39 is 0 Å². The highest BCUT2D eigenvalue weighted by molar-refractivity contribution is 5.26. The van der Waals surface area contributed by atoms with E-state index in [4.69, 9.17) is 0 Å². The maximum absolute atomic E-state index is 3.48. The van der Waals surface area contributed by atoms with E-state index in [0.717, 1.165) is 12.3 Å². The highest BCUT2D eigenvalue weighted by atomic mass is 15.1. The van der Waals surface area contributed by atoms with E-state index in [0.29, 0.717) is 0 Å². The largest absolute Gasteiger partial charge is 0.367 e. The van der Waals surface area contributed by atoms with Crippen LogP contribution in [0.4, 0.5) is 0 Å². The molecule has 17 heavy (non-hydrogen) atoms. The predicted molar refractivity (Wildman–Crippen MR) is 75.5 cm³/mol. The minimum absolute atomic E-state index is 0.794. The van der Waals surface area contributed by atoms with E-state index in [2.05, 4.69) is 49.8 Å². The lowest BCUT2D eigenvalue weighted by Crippen LogP contribution is -2.29. The van der Waals surface area contributed by atoms with Gasteiger partial charge in [0.15, 0.2) is 0 Å². The summed E-state index contributed by atoms with van der Waals surface area (Å²) >= 11 is 0. The Labute approximate surface area is 106 Å². The van der Waals surface area contributed by atoms with Crippen LogP contribution in [0.2, 0.25) is 0 Å². The van der Waals surface area contributed by atoms with Crippen LogP contribution in [-0.4, -0.2) is 30.0 Å². The van der Waals surface area contributed by atoms with Gasteiger partial charge >= 0.3 is 0 Å². The van der Waals surface area contributed by atoms with Crippen LogP contribution in [0.3, 0.4) is 0 Å². The summed E-state index contributed by atoms with van der Waals surface area (Å²) in [5, 5.41) is 0. The Kier molecular flexibility index (Phi) is 6.06. The zero-order valence-corrected chi connectivity index (χ0v) is 11.5. The third-order valence-electron chi connectivity index (χ3n) is 3.44. The summed E-state index contributed by atoms with van der Waals surface area (Å²) in [5.74, 6) is 0.794. The zero-order valence-electron chi connectivity index (χ0n) is 11.5. The maximum atomic E-state index is 3.48. The van der Waals surface area contributed by atoms with Crippen LogP contribution < -0.4 is 0 Å². The van der Waals surface area contributed by atoms with Crippen LogP contribution in [0.5, 0.6) is 0 Å². The van der Waals surface area contributed by atoms with Gasteiger partial charge in [-0.1, -0.05) is 13.0 Å². The van der Waals surface area contributed by atoms with Gasteiger partial charge in [0.2, 0.25) is 0 Å². The molecular formula is C15H26N2. The van der Waals surface area contributed by atoms with Crippen LogP contribution in [0.1, 0.15) is 43.2 Å². The summed E-state index contributed by atoms with van der Waals surface area (Å²) in [5.41, 5.74) is 2.96. The average molecular weight is 234 g/mol. The van der Waals surface area contributed by atoms with Gasteiger partial charge in [0.05, 0.1) is 0 Å². The smallest absolute Gasteiger partial charge is 0.00429 e. The van der Waals surface area contributed by atoms with Crippen LogP contribution in [0.15, 0.2) is 25.0 Å². The summed E-state index contributed by atoms with van der Waals surface area (Å²) in [6.45, 7) is 10.2. The monoisotopic (exact) mass is 234 g/mol. The van der Waals surface area contributed by atoms with E-state index in [1.807, 2.05) is 6.08 Å². The van der Waals surface area contributed by atoms with Gasteiger partial charge in [-0.05, 0) is 63.4 Å². The van der Waals surface area contributed by atoms with Gasteiger partial charge in [0.25, 0.3) is 0 Å². The Morgan fingerprint density at radius 1 is 1.41 bits per heavy atom. The Morgan fingerprint density at radius 3 is 2.41 bits per heavy atom. The van der Waals surface area contributed by atoms with Crippen molar-refractivity contribution in [2.45, 2.75) is 39.0 Å². The van der Waals surface area contributed by atoms with Crippen LogP contribution in [-0.2, 0) is 0 Å². The number of aryl methyl sites for hydroxylation is 1. The fourth-order valence-electron chi connectivity index (χ4n) is 2.21. The number of piperidine rings is 1. The summed E-state index contributed by atoms with van der Waals surface area (Å²) in [6, 6.07) is 0. The van der Waals surface area contributed by atoms with Gasteiger partial charge in [-0.25, -0.2) is 0 Å². The molecule has 0 atom stereocenters. The van der Waals surface area contributed by atoms with Crippen molar-refractivity contribution in [3.63, 3.8) is 0 Å². The molecule has 0 bridgehead atoms. The molecule has 2 rings (SSSR count). The highest BCUT2D eigenvalue weighted by Gasteiger charge is 2.19. The summed E-state index contributed by atoms with van der Waals surface area (Å²) < 4.78 is 0. The molecule has 1 fully saturated rings. The summed E-state index contributed by atoms with van der Waals surface area (Å²) in [6.07, 6.45) is 9.86. The highest BCUT2D eigenvalue weighted by Crippen LogP contribution is 2.29. The van der Waals surface area contributed by atoms with Gasteiger partial charge in [0.1, 0.15) is 0 Å². The Morgan fingerprint density at radius 2 is 2.00 bits per heavy atom. The predicted octanol–water partition coefficient (Wildman–Crippen LogP) is 3.71. The second kappa shape index (κ2) is 7.33. The number of H-pyrrole nitrogens is 1. The van der Waals surface area contributed by atoms with Crippen molar-refractivity contribution in [1.29, 1.82) is 0 Å². The molecule has 1 N–H and O–H groups in total. The summed E-state index contributed by atoms with van der Waals surface area (Å²) in [4.78, 5) is 5.61. The second-order valence-corrected chi connectivity index (χ2v) is 4.87. The van der Waals surface area contributed by atoms with Crippen molar-refractivity contribution in [2.75, 3.05) is 20.1 Å². The number of aromatic nitrogens is 1. The zero-order chi connectivity index (χ0) is 12.7. The van der Waals surface area contributed by atoms with Crippen LogP contribution >= 0.6 is 0 Å². The number of aromatic amines is 1. The van der Waals surface area contributed by atoms with Crippen molar-refractivity contribution >= 4 is 0 Å². The lowest BCUT2D eigenvalue weighted by molar-refractivity contribution is 0.255. The molecule has 1 saturated heterocycles. The second-order valence-electron chi connectivity index (χ2n) is 4.87. The minimum Gasteiger partial charge on any atom is -0.367 e. The molecule has 0 amide bonds. The molecule has 0 aromatic carbocycles. The Balaban J connectivity index is 0.000000317. The lowest BCUT2D eigenvalue weighted by atomic mass is 9.89. The van der Waals surface area contributed by atoms with Crippen molar-refractivity contribution < 1.29 is 0 Å². The third-order valence-corrected chi connectivity index (χ3v) is 3.44. The first-order valence-corrected chi connectivity index (χ1v) is 6.61. The molecule has 2 heterocycles. The molecule has 0 spiro atoms. The number of likely N-dealkylation sites (tertiary alicyclic amines) is 1. The van der Waals surface area contributed by atoms with Crippen molar-refractivity contribution in [3.8, 4) is 0 Å². The maximum Gasteiger partial charge on any atom is 0.00429 e. The molecule has 1 aliphatic rings.